The minimum absolute atomic E-state index is 0.153. The Kier molecular flexibility index (Phi) is 7.12. The van der Waals surface area contributed by atoms with E-state index in [9.17, 15) is 18.0 Å². The first kappa shape index (κ1) is 23.4. The summed E-state index contributed by atoms with van der Waals surface area (Å²) in [6, 6.07) is 7.64. The number of nitrogens with zero attached hydrogens (tertiary/aromatic N) is 3. The highest BCUT2D eigenvalue weighted by Crippen LogP contribution is 2.24. The maximum atomic E-state index is 12.7. The van der Waals surface area contributed by atoms with Crippen LogP contribution in [0.15, 0.2) is 34.9 Å². The molecule has 1 fully saturated rings. The molecule has 1 aliphatic heterocycles. The van der Waals surface area contributed by atoms with Crippen LogP contribution in [0.25, 0.3) is 10.9 Å². The summed E-state index contributed by atoms with van der Waals surface area (Å²) in [4.78, 5) is 20.0. The zero-order valence-corrected chi connectivity index (χ0v) is 19.0. The number of ether oxygens (including phenoxy) is 2. The van der Waals surface area contributed by atoms with Crippen LogP contribution in [0.4, 0.5) is 13.2 Å². The zero-order chi connectivity index (χ0) is 23.4. The molecule has 3 heterocycles. The maximum Gasteiger partial charge on any atom is 0.522 e. The van der Waals surface area contributed by atoms with Gasteiger partial charge in [-0.2, -0.15) is 0 Å². The van der Waals surface area contributed by atoms with Crippen molar-refractivity contribution < 1.29 is 31.9 Å². The number of hydrogen-bond donors (Lipinski definition) is 2. The molecule has 14 heteroatoms. The smallest absolute Gasteiger partial charge is 0.447 e. The molecule has 0 saturated carbocycles. The third-order valence-corrected chi connectivity index (χ3v) is 7.59. The van der Waals surface area contributed by atoms with Crippen LogP contribution >= 0.6 is 11.6 Å². The van der Waals surface area contributed by atoms with E-state index in [1.165, 1.54) is 6.20 Å². The Morgan fingerprint density at radius 2 is 2.15 bits per heavy atom. The number of carbonyl (C=O) groups is 1. The van der Waals surface area contributed by atoms with Crippen molar-refractivity contribution in [3.8, 4) is 6.08 Å². The fourth-order valence-electron chi connectivity index (χ4n) is 3.40. The average molecular weight is 502 g/mol. The van der Waals surface area contributed by atoms with Gasteiger partial charge in [-0.15, -0.1) is 18.3 Å². The van der Waals surface area contributed by atoms with Crippen molar-refractivity contribution in [3.63, 3.8) is 0 Å². The van der Waals surface area contributed by atoms with E-state index in [4.69, 9.17) is 20.8 Å². The summed E-state index contributed by atoms with van der Waals surface area (Å²) >= 11 is 5.94. The molecule has 1 saturated heterocycles. The second kappa shape index (κ2) is 10.0. The number of carbonyl (C=O) groups excluding carboxylic acids is 1. The number of aromatic nitrogens is 3. The Hall–Kier alpha value is -2.74. The summed E-state index contributed by atoms with van der Waals surface area (Å²) in [6.45, 7) is -1.06. The Morgan fingerprint density at radius 1 is 1.30 bits per heavy atom. The number of fused-ring (bicyclic) bond motifs is 1. The predicted molar refractivity (Wildman–Crippen MR) is 113 cm³/mol. The zero-order valence-electron chi connectivity index (χ0n) is 17.1. The van der Waals surface area contributed by atoms with Gasteiger partial charge in [0, 0.05) is 23.3 Å². The molecular weight excluding hydrogens is 483 g/mol. The van der Waals surface area contributed by atoms with E-state index in [2.05, 4.69) is 30.2 Å². The first-order chi connectivity index (χ1) is 15.8. The van der Waals surface area contributed by atoms with Crippen molar-refractivity contribution in [3.05, 3.63) is 46.9 Å². The number of alkyl halides is 3. The molecule has 0 aliphatic carbocycles. The monoisotopic (exact) mass is 501 g/mol. The lowest BCUT2D eigenvalue weighted by Crippen LogP contribution is -2.50. The molecule has 0 unspecified atom stereocenters. The van der Waals surface area contributed by atoms with Gasteiger partial charge in [0.1, 0.15) is 6.61 Å². The van der Waals surface area contributed by atoms with E-state index in [1.54, 1.807) is 18.2 Å². The Morgan fingerprint density at radius 3 is 2.91 bits per heavy atom. The summed E-state index contributed by atoms with van der Waals surface area (Å²) in [6.07, 6.45) is -2.14. The highest BCUT2D eigenvalue weighted by Gasteiger charge is 2.30. The van der Waals surface area contributed by atoms with Gasteiger partial charge in [0.05, 0.1) is 23.2 Å². The van der Waals surface area contributed by atoms with E-state index < -0.39 is 21.9 Å². The van der Waals surface area contributed by atoms with E-state index in [1.807, 2.05) is 6.07 Å². The van der Waals surface area contributed by atoms with Crippen LogP contribution in [0.2, 0.25) is 11.1 Å². The first-order valence-corrected chi connectivity index (χ1v) is 12.6. The fraction of sp³-hybridized carbons (Fsp3) is 0.368. The first-order valence-electron chi connectivity index (χ1n) is 10.0. The lowest BCUT2D eigenvalue weighted by Gasteiger charge is -2.27. The van der Waals surface area contributed by atoms with Gasteiger partial charge in [0.2, 0.25) is 11.8 Å². The lowest BCUT2D eigenvalue weighted by molar-refractivity contribution is -0.325. The van der Waals surface area contributed by atoms with Crippen molar-refractivity contribution in [2.24, 2.45) is 0 Å². The predicted octanol–water partition coefficient (Wildman–Crippen LogP) is 2.91. The van der Waals surface area contributed by atoms with Crippen molar-refractivity contribution >= 4 is 37.4 Å². The Labute approximate surface area is 192 Å². The van der Waals surface area contributed by atoms with E-state index in [0.29, 0.717) is 28.7 Å². The van der Waals surface area contributed by atoms with Crippen LogP contribution in [0.5, 0.6) is 6.08 Å². The molecule has 2 N–H and O–H groups in total. The van der Waals surface area contributed by atoms with Crippen LogP contribution in [-0.4, -0.2) is 55.8 Å². The normalized spacial score (nSPS) is 18.9. The van der Waals surface area contributed by atoms with Crippen LogP contribution in [0, 0.1) is 0 Å². The van der Waals surface area contributed by atoms with Crippen LogP contribution in [0.1, 0.15) is 28.7 Å². The molecule has 1 aromatic carbocycles. The molecule has 2 atom stereocenters. The average Bonchev–Trinajstić information content (AvgIpc) is 3.25. The maximum absolute atomic E-state index is 12.7. The molecule has 1 aliphatic rings. The second-order valence-electron chi connectivity index (χ2n) is 7.32. The molecule has 176 valence electrons. The van der Waals surface area contributed by atoms with Gasteiger partial charge in [-0.05, 0) is 30.7 Å². The molecule has 4 rings (SSSR count). The summed E-state index contributed by atoms with van der Waals surface area (Å²) in [5.74, 6) is 0.125. The Balaban J connectivity index is 1.25. The minimum atomic E-state index is -4.72. The standard InChI is InChI=1S/C19H19ClF3N5O4Si/c20-13-7-11-1-2-12(8-15(11)24-9-13)16(29)28-33-6-3-14(25-10-33)17-26-27-18(32-17)30-4-5-31-19(21,22)23/h1-2,7-9,14,25,33H,3-6,10H2,(H,28,29)/t14-,33+/m1/s1. The van der Waals surface area contributed by atoms with Crippen LogP contribution in [0.3, 0.4) is 0 Å². The van der Waals surface area contributed by atoms with Gasteiger partial charge in [0.25, 0.3) is 0 Å². The molecule has 1 amide bonds. The Bertz CT molecular complexity index is 1120. The molecule has 3 aromatic rings. The lowest BCUT2D eigenvalue weighted by atomic mass is 10.1. The van der Waals surface area contributed by atoms with Crippen molar-refractivity contribution in [1.29, 1.82) is 0 Å². The van der Waals surface area contributed by atoms with Gasteiger partial charge >= 0.3 is 12.4 Å². The summed E-state index contributed by atoms with van der Waals surface area (Å²) < 4.78 is 49.8. The molecular formula is C19H19ClF3N5O4Si. The van der Waals surface area contributed by atoms with Crippen molar-refractivity contribution in [1.82, 2.24) is 25.5 Å². The second-order valence-corrected chi connectivity index (χ2v) is 10.4. The molecule has 2 aromatic heterocycles. The van der Waals surface area contributed by atoms with Crippen LogP contribution in [-0.2, 0) is 4.74 Å². The minimum Gasteiger partial charge on any atom is -0.447 e. The van der Waals surface area contributed by atoms with Gasteiger partial charge < -0.3 is 19.5 Å². The molecule has 9 nitrogen and oxygen atoms in total. The van der Waals surface area contributed by atoms with Crippen molar-refractivity contribution in [2.75, 3.05) is 19.4 Å². The molecule has 0 radical (unpaired) electrons. The van der Waals surface area contributed by atoms with E-state index in [0.717, 1.165) is 11.4 Å². The molecule has 0 spiro atoms. The van der Waals surface area contributed by atoms with Gasteiger partial charge in [0.15, 0.2) is 8.96 Å². The number of pyridine rings is 1. The highest BCUT2D eigenvalue weighted by molar-refractivity contribution is 6.60. The van der Waals surface area contributed by atoms with Crippen LogP contribution < -0.4 is 15.0 Å². The van der Waals surface area contributed by atoms with Gasteiger partial charge in [-0.3, -0.25) is 14.5 Å². The molecule has 33 heavy (non-hydrogen) atoms. The SMILES string of the molecule is O=C(N[Si@H]1CC[C@H](c2nnc(OCCOC(F)(F)F)o2)NC1)c1ccc2cc(Cl)cnc2c1. The summed E-state index contributed by atoms with van der Waals surface area (Å²) in [7, 11) is -1.61. The number of benzene rings is 1. The number of halogens is 4. The van der Waals surface area contributed by atoms with Gasteiger partial charge in [-0.25, -0.2) is 0 Å². The number of nitrogens with one attached hydrogen (secondary N) is 2. The van der Waals surface area contributed by atoms with E-state index >= 15 is 0 Å². The number of hydrogen-bond acceptors (Lipinski definition) is 8. The number of rotatable bonds is 7. The largest absolute Gasteiger partial charge is 0.522 e. The van der Waals surface area contributed by atoms with Crippen molar-refractivity contribution in [2.45, 2.75) is 24.9 Å². The topological polar surface area (TPSA) is 111 Å². The fourth-order valence-corrected chi connectivity index (χ4v) is 5.86. The highest BCUT2D eigenvalue weighted by atomic mass is 35.5. The van der Waals surface area contributed by atoms with E-state index in [-0.39, 0.29) is 30.5 Å². The molecule has 0 bridgehead atoms. The quantitative estimate of drug-likeness (QED) is 0.375. The number of amides is 1. The van der Waals surface area contributed by atoms with Gasteiger partial charge in [-0.1, -0.05) is 22.8 Å². The third-order valence-electron chi connectivity index (χ3n) is 4.96. The summed E-state index contributed by atoms with van der Waals surface area (Å²) in [5, 5.41) is 12.2. The third kappa shape index (κ3) is 6.40. The summed E-state index contributed by atoms with van der Waals surface area (Å²) in [5.41, 5.74) is 1.22.